The van der Waals surface area contributed by atoms with E-state index in [1.807, 2.05) is 36.5 Å². The molecule has 0 radical (unpaired) electrons. The van der Waals surface area contributed by atoms with E-state index >= 15 is 0 Å². The van der Waals surface area contributed by atoms with E-state index in [2.05, 4.69) is 21.7 Å². The highest BCUT2D eigenvalue weighted by atomic mass is 32.1. The first kappa shape index (κ1) is 12.1. The van der Waals surface area contributed by atoms with E-state index in [4.69, 9.17) is 0 Å². The SMILES string of the molecule is OCc1ccccc1NCc1cnc2ccsc2c1. The molecule has 0 aliphatic rings. The first-order chi connectivity index (χ1) is 9.36. The fraction of sp³-hybridized carbons (Fsp3) is 0.133. The molecule has 0 saturated carbocycles. The van der Waals surface area contributed by atoms with Gasteiger partial charge in [0.2, 0.25) is 0 Å². The zero-order chi connectivity index (χ0) is 13.1. The molecule has 0 amide bonds. The minimum Gasteiger partial charge on any atom is -0.392 e. The summed E-state index contributed by atoms with van der Waals surface area (Å²) in [4.78, 5) is 4.42. The van der Waals surface area contributed by atoms with Crippen LogP contribution >= 0.6 is 11.3 Å². The number of pyridine rings is 1. The Hall–Kier alpha value is -1.91. The maximum atomic E-state index is 9.28. The topological polar surface area (TPSA) is 45.1 Å². The lowest BCUT2D eigenvalue weighted by atomic mass is 10.2. The lowest BCUT2D eigenvalue weighted by molar-refractivity contribution is 0.282. The molecule has 3 rings (SSSR count). The fourth-order valence-corrected chi connectivity index (χ4v) is 2.82. The van der Waals surface area contributed by atoms with Gasteiger partial charge in [-0.05, 0) is 29.1 Å². The van der Waals surface area contributed by atoms with Crippen LogP contribution in [0.4, 0.5) is 5.69 Å². The summed E-state index contributed by atoms with van der Waals surface area (Å²) in [5.74, 6) is 0. The Morgan fingerprint density at radius 2 is 2.11 bits per heavy atom. The van der Waals surface area contributed by atoms with Crippen molar-refractivity contribution < 1.29 is 5.11 Å². The van der Waals surface area contributed by atoms with Crippen molar-refractivity contribution in [2.75, 3.05) is 5.32 Å². The molecule has 0 unspecified atom stereocenters. The number of aromatic nitrogens is 1. The average Bonchev–Trinajstić information content (AvgIpc) is 2.93. The number of para-hydroxylation sites is 1. The number of anilines is 1. The number of rotatable bonds is 4. The second-order valence-corrected chi connectivity index (χ2v) is 5.26. The molecule has 2 N–H and O–H groups in total. The summed E-state index contributed by atoms with van der Waals surface area (Å²) in [6.07, 6.45) is 1.89. The van der Waals surface area contributed by atoms with Crippen LogP contribution in [0, 0.1) is 0 Å². The smallest absolute Gasteiger partial charge is 0.0809 e. The Kier molecular flexibility index (Phi) is 3.44. The molecular formula is C15H14N2OS. The molecule has 0 atom stereocenters. The van der Waals surface area contributed by atoms with Crippen LogP contribution in [0.1, 0.15) is 11.1 Å². The van der Waals surface area contributed by atoms with Gasteiger partial charge in [0.15, 0.2) is 0 Å². The van der Waals surface area contributed by atoms with Gasteiger partial charge in [-0.2, -0.15) is 0 Å². The van der Waals surface area contributed by atoms with E-state index in [9.17, 15) is 5.11 Å². The molecule has 0 aliphatic carbocycles. The number of benzene rings is 1. The highest BCUT2D eigenvalue weighted by Gasteiger charge is 2.02. The lowest BCUT2D eigenvalue weighted by Gasteiger charge is -2.10. The van der Waals surface area contributed by atoms with Crippen LogP contribution in [0.5, 0.6) is 0 Å². The summed E-state index contributed by atoms with van der Waals surface area (Å²) in [7, 11) is 0. The predicted octanol–water partition coefficient (Wildman–Crippen LogP) is 3.40. The number of thiophene rings is 1. The maximum Gasteiger partial charge on any atom is 0.0809 e. The Balaban J connectivity index is 1.78. The van der Waals surface area contributed by atoms with Crippen LogP contribution < -0.4 is 5.32 Å². The van der Waals surface area contributed by atoms with Gasteiger partial charge >= 0.3 is 0 Å². The van der Waals surface area contributed by atoms with E-state index in [-0.39, 0.29) is 6.61 Å². The molecule has 96 valence electrons. The van der Waals surface area contributed by atoms with E-state index in [1.54, 1.807) is 11.3 Å². The van der Waals surface area contributed by atoms with E-state index in [1.165, 1.54) is 4.70 Å². The molecule has 0 fully saturated rings. The summed E-state index contributed by atoms with van der Waals surface area (Å²) >= 11 is 1.70. The van der Waals surface area contributed by atoms with Gasteiger partial charge in [0, 0.05) is 24.0 Å². The van der Waals surface area contributed by atoms with Crippen molar-refractivity contribution in [3.8, 4) is 0 Å². The molecule has 19 heavy (non-hydrogen) atoms. The highest BCUT2D eigenvalue weighted by Crippen LogP contribution is 2.21. The number of aliphatic hydroxyl groups excluding tert-OH is 1. The normalized spacial score (nSPS) is 10.8. The van der Waals surface area contributed by atoms with Gasteiger partial charge in [-0.25, -0.2) is 0 Å². The van der Waals surface area contributed by atoms with Crippen molar-refractivity contribution in [3.63, 3.8) is 0 Å². The van der Waals surface area contributed by atoms with E-state index < -0.39 is 0 Å². The first-order valence-corrected chi connectivity index (χ1v) is 6.99. The summed E-state index contributed by atoms with van der Waals surface area (Å²) in [6, 6.07) is 12.0. The molecule has 1 aromatic carbocycles. The third kappa shape index (κ3) is 2.59. The van der Waals surface area contributed by atoms with Crippen molar-refractivity contribution >= 4 is 27.2 Å². The molecule has 0 saturated heterocycles. The number of fused-ring (bicyclic) bond motifs is 1. The molecule has 0 bridgehead atoms. The summed E-state index contributed by atoms with van der Waals surface area (Å²) in [5, 5.41) is 14.7. The Morgan fingerprint density at radius 3 is 3.00 bits per heavy atom. The number of aliphatic hydroxyl groups is 1. The fourth-order valence-electron chi connectivity index (χ4n) is 2.01. The van der Waals surface area contributed by atoms with Gasteiger partial charge in [-0.3, -0.25) is 4.98 Å². The Labute approximate surface area is 115 Å². The molecule has 2 aromatic heterocycles. The third-order valence-electron chi connectivity index (χ3n) is 3.03. The van der Waals surface area contributed by atoms with Gasteiger partial charge in [0.05, 0.1) is 16.8 Å². The van der Waals surface area contributed by atoms with Crippen molar-refractivity contribution in [2.24, 2.45) is 0 Å². The lowest BCUT2D eigenvalue weighted by Crippen LogP contribution is -2.02. The van der Waals surface area contributed by atoms with E-state index in [0.29, 0.717) is 6.54 Å². The standard InChI is InChI=1S/C15H14N2OS/c18-10-12-3-1-2-4-13(12)16-8-11-7-15-14(17-9-11)5-6-19-15/h1-7,9,16,18H,8,10H2. The maximum absolute atomic E-state index is 9.28. The minimum absolute atomic E-state index is 0.0470. The second-order valence-electron chi connectivity index (χ2n) is 4.32. The minimum atomic E-state index is 0.0470. The van der Waals surface area contributed by atoms with Crippen molar-refractivity contribution in [1.82, 2.24) is 4.98 Å². The summed E-state index contributed by atoms with van der Waals surface area (Å²) in [5.41, 5.74) is 4.07. The summed E-state index contributed by atoms with van der Waals surface area (Å²) < 4.78 is 1.20. The molecule has 4 heteroatoms. The van der Waals surface area contributed by atoms with Gasteiger partial charge in [0.25, 0.3) is 0 Å². The molecule has 2 heterocycles. The van der Waals surface area contributed by atoms with Gasteiger partial charge in [-0.15, -0.1) is 11.3 Å². The van der Waals surface area contributed by atoms with Crippen LogP contribution in [-0.4, -0.2) is 10.1 Å². The van der Waals surface area contributed by atoms with Crippen LogP contribution in [0.15, 0.2) is 48.0 Å². The monoisotopic (exact) mass is 270 g/mol. The number of hydrogen-bond donors (Lipinski definition) is 2. The molecule has 0 aliphatic heterocycles. The zero-order valence-electron chi connectivity index (χ0n) is 10.3. The Morgan fingerprint density at radius 1 is 1.21 bits per heavy atom. The average molecular weight is 270 g/mol. The van der Waals surface area contributed by atoms with Crippen LogP contribution in [0.2, 0.25) is 0 Å². The molecule has 0 spiro atoms. The summed E-state index contributed by atoms with van der Waals surface area (Å²) in [6.45, 7) is 0.753. The third-order valence-corrected chi connectivity index (χ3v) is 3.88. The van der Waals surface area contributed by atoms with E-state index in [0.717, 1.165) is 22.3 Å². The number of nitrogens with one attached hydrogen (secondary N) is 1. The van der Waals surface area contributed by atoms with Gasteiger partial charge < -0.3 is 10.4 Å². The number of hydrogen-bond acceptors (Lipinski definition) is 4. The number of nitrogens with zero attached hydrogens (tertiary/aromatic N) is 1. The largest absolute Gasteiger partial charge is 0.392 e. The van der Waals surface area contributed by atoms with Crippen molar-refractivity contribution in [2.45, 2.75) is 13.2 Å². The highest BCUT2D eigenvalue weighted by molar-refractivity contribution is 7.17. The zero-order valence-corrected chi connectivity index (χ0v) is 11.2. The van der Waals surface area contributed by atoms with Gasteiger partial charge in [0.1, 0.15) is 0 Å². The predicted molar refractivity (Wildman–Crippen MR) is 79.3 cm³/mol. The quantitative estimate of drug-likeness (QED) is 0.763. The Bertz CT molecular complexity index is 693. The first-order valence-electron chi connectivity index (χ1n) is 6.11. The van der Waals surface area contributed by atoms with Crippen LogP contribution in [0.25, 0.3) is 10.2 Å². The van der Waals surface area contributed by atoms with Crippen LogP contribution in [0.3, 0.4) is 0 Å². The molecular weight excluding hydrogens is 256 g/mol. The van der Waals surface area contributed by atoms with Crippen LogP contribution in [-0.2, 0) is 13.2 Å². The van der Waals surface area contributed by atoms with Crippen molar-refractivity contribution in [3.05, 3.63) is 59.1 Å². The second kappa shape index (κ2) is 5.38. The van der Waals surface area contributed by atoms with Gasteiger partial charge in [-0.1, -0.05) is 18.2 Å². The molecule has 3 nitrogen and oxygen atoms in total. The molecule has 3 aromatic rings. The van der Waals surface area contributed by atoms with Crippen molar-refractivity contribution in [1.29, 1.82) is 0 Å².